The summed E-state index contributed by atoms with van der Waals surface area (Å²) in [6.45, 7) is 1.94. The Morgan fingerprint density at radius 1 is 1.06 bits per heavy atom. The lowest BCUT2D eigenvalue weighted by Gasteiger charge is -2.23. The zero-order chi connectivity index (χ0) is 12.4. The predicted molar refractivity (Wildman–Crippen MR) is 76.5 cm³/mol. The van der Waals surface area contributed by atoms with Gasteiger partial charge in [0.15, 0.2) is 9.84 Å². The minimum atomic E-state index is -3.14. The number of thiol groups is 1. The van der Waals surface area contributed by atoms with Crippen LogP contribution in [0.15, 0.2) is 29.2 Å². The van der Waals surface area contributed by atoms with E-state index in [0.717, 1.165) is 5.56 Å². The van der Waals surface area contributed by atoms with Crippen molar-refractivity contribution in [2.24, 2.45) is 0 Å². The fraction of sp³-hybridized carbons (Fsp3) is 0.455. The molecule has 0 aliphatic carbocycles. The van der Waals surface area contributed by atoms with Crippen LogP contribution in [0.3, 0.4) is 0 Å². The fourth-order valence-corrected chi connectivity index (χ4v) is 5.14. The number of hydrogen-bond donors (Lipinski definition) is 1. The molecule has 0 aromatic heterocycles. The van der Waals surface area contributed by atoms with Gasteiger partial charge in [-0.15, -0.1) is 11.7 Å². The van der Waals surface area contributed by atoms with Crippen LogP contribution in [0.5, 0.6) is 0 Å². The quantitative estimate of drug-likeness (QED) is 0.679. The summed E-state index contributed by atoms with van der Waals surface area (Å²) in [5.41, 5.74) is 1.07. The zero-order valence-corrected chi connectivity index (χ0v) is 12.3. The lowest BCUT2D eigenvalue weighted by molar-refractivity contribution is 0.597. The van der Waals surface area contributed by atoms with Gasteiger partial charge in [0.1, 0.15) is 0 Å². The van der Waals surface area contributed by atoms with Crippen LogP contribution in [0.25, 0.3) is 0 Å². The molecule has 0 aliphatic heterocycles. The Kier molecular flexibility index (Phi) is 4.37. The Morgan fingerprint density at radius 3 is 2.00 bits per heavy atom. The Morgan fingerprint density at radius 2 is 1.56 bits per heavy atom. The second-order valence-electron chi connectivity index (χ2n) is 4.32. The van der Waals surface area contributed by atoms with Crippen molar-refractivity contribution in [2.45, 2.75) is 11.8 Å². The van der Waals surface area contributed by atoms with E-state index in [0.29, 0.717) is 10.6 Å². The monoisotopic (exact) mass is 278 g/mol. The highest BCUT2D eigenvalue weighted by molar-refractivity contribution is 8.87. The van der Waals surface area contributed by atoms with Crippen molar-refractivity contribution in [3.8, 4) is 0 Å². The Labute approximate surface area is 104 Å². The highest BCUT2D eigenvalue weighted by atomic mass is 33.1. The summed E-state index contributed by atoms with van der Waals surface area (Å²) in [5, 5.41) is 0. The first-order chi connectivity index (χ1) is 7.21. The third-order valence-electron chi connectivity index (χ3n) is 2.23. The molecule has 0 amide bonds. The lowest BCUT2D eigenvalue weighted by Crippen LogP contribution is -2.12. The van der Waals surface area contributed by atoms with E-state index in [1.807, 2.05) is 31.6 Å². The molecule has 0 unspecified atom stereocenters. The molecule has 1 rings (SSSR count). The summed E-state index contributed by atoms with van der Waals surface area (Å²) >= 11 is 4.41. The van der Waals surface area contributed by atoms with E-state index in [2.05, 4.69) is 11.7 Å². The number of benzene rings is 1. The van der Waals surface area contributed by atoms with Crippen LogP contribution in [0, 0.1) is 6.92 Å². The molecule has 92 valence electrons. The van der Waals surface area contributed by atoms with Crippen molar-refractivity contribution in [1.82, 2.24) is 0 Å². The molecule has 5 heteroatoms. The van der Waals surface area contributed by atoms with Crippen LogP contribution in [0.2, 0.25) is 0 Å². The van der Waals surface area contributed by atoms with Gasteiger partial charge in [-0.2, -0.15) is 0 Å². The Hall–Kier alpha value is -0.130. The van der Waals surface area contributed by atoms with Crippen molar-refractivity contribution in [3.63, 3.8) is 0 Å². The zero-order valence-electron chi connectivity index (χ0n) is 9.80. The summed E-state index contributed by atoms with van der Waals surface area (Å²) in [4.78, 5) is 0.412. The van der Waals surface area contributed by atoms with Gasteiger partial charge in [-0.3, -0.25) is 0 Å². The van der Waals surface area contributed by atoms with Gasteiger partial charge >= 0.3 is 0 Å². The maximum Gasteiger partial charge on any atom is 0.179 e. The molecule has 0 spiro atoms. The second-order valence-corrected chi connectivity index (χ2v) is 12.8. The van der Waals surface area contributed by atoms with Gasteiger partial charge in [0.2, 0.25) is 0 Å². The van der Waals surface area contributed by atoms with E-state index in [9.17, 15) is 8.42 Å². The number of hydrogen-bond acceptors (Lipinski definition) is 3. The SMILES string of the molecule is Cc1ccc(S(=O)(=O)CCS(C)(C)S)cc1. The topological polar surface area (TPSA) is 34.1 Å². The van der Waals surface area contributed by atoms with Crippen LogP contribution in [-0.2, 0) is 9.84 Å². The average Bonchev–Trinajstić information content (AvgIpc) is 2.15. The van der Waals surface area contributed by atoms with Crippen LogP contribution >= 0.6 is 20.7 Å². The molecule has 16 heavy (non-hydrogen) atoms. The van der Waals surface area contributed by atoms with Crippen molar-refractivity contribution >= 4 is 30.6 Å². The first-order valence-corrected chi connectivity index (χ1v) is 10.3. The first-order valence-electron chi connectivity index (χ1n) is 4.94. The van der Waals surface area contributed by atoms with Gasteiger partial charge in [-0.05, 0) is 37.3 Å². The third-order valence-corrected chi connectivity index (χ3v) is 5.97. The predicted octanol–water partition coefficient (Wildman–Crippen LogP) is 2.68. The van der Waals surface area contributed by atoms with Crippen molar-refractivity contribution in [1.29, 1.82) is 0 Å². The maximum absolute atomic E-state index is 12.0. The number of sulfone groups is 1. The van der Waals surface area contributed by atoms with Gasteiger partial charge < -0.3 is 0 Å². The molecular weight excluding hydrogens is 260 g/mol. The minimum Gasteiger partial charge on any atom is -0.224 e. The molecule has 2 nitrogen and oxygen atoms in total. The summed E-state index contributed by atoms with van der Waals surface area (Å²) in [6, 6.07) is 6.99. The molecule has 0 N–H and O–H groups in total. The van der Waals surface area contributed by atoms with Crippen LogP contribution in [0.4, 0.5) is 0 Å². The van der Waals surface area contributed by atoms with Gasteiger partial charge in [0.25, 0.3) is 0 Å². The summed E-state index contributed by atoms with van der Waals surface area (Å²) in [6.07, 6.45) is 4.00. The summed E-state index contributed by atoms with van der Waals surface area (Å²) in [7, 11) is -4.20. The molecule has 0 saturated carbocycles. The first kappa shape index (κ1) is 13.9. The lowest BCUT2D eigenvalue weighted by atomic mass is 10.2. The van der Waals surface area contributed by atoms with E-state index >= 15 is 0 Å². The van der Waals surface area contributed by atoms with Gasteiger partial charge in [0.05, 0.1) is 10.6 Å². The van der Waals surface area contributed by atoms with Crippen molar-refractivity contribution in [2.75, 3.05) is 24.0 Å². The second kappa shape index (κ2) is 5.02. The third kappa shape index (κ3) is 4.39. The Bertz CT molecular complexity index is 441. The molecule has 0 radical (unpaired) electrons. The number of rotatable bonds is 4. The van der Waals surface area contributed by atoms with Gasteiger partial charge in [-0.25, -0.2) is 17.5 Å². The van der Waals surface area contributed by atoms with Crippen LogP contribution < -0.4 is 0 Å². The molecule has 0 fully saturated rings. The van der Waals surface area contributed by atoms with Crippen LogP contribution in [0.1, 0.15) is 5.56 Å². The highest BCUT2D eigenvalue weighted by Crippen LogP contribution is 2.44. The molecule has 0 bridgehead atoms. The van der Waals surface area contributed by atoms with Crippen molar-refractivity contribution in [3.05, 3.63) is 29.8 Å². The largest absolute Gasteiger partial charge is 0.224 e. The molecule has 0 saturated heterocycles. The van der Waals surface area contributed by atoms with E-state index in [-0.39, 0.29) is 5.75 Å². The molecular formula is C11H18O2S3. The molecule has 0 aliphatic rings. The fourth-order valence-electron chi connectivity index (χ4n) is 1.18. The summed E-state index contributed by atoms with van der Waals surface area (Å²) < 4.78 is 23.9. The van der Waals surface area contributed by atoms with Gasteiger partial charge in [0, 0.05) is 0 Å². The van der Waals surface area contributed by atoms with E-state index < -0.39 is 18.9 Å². The molecule has 0 atom stereocenters. The highest BCUT2D eigenvalue weighted by Gasteiger charge is 2.17. The molecule has 0 heterocycles. The maximum atomic E-state index is 12.0. The summed E-state index contributed by atoms with van der Waals surface area (Å²) in [5.74, 6) is 0.814. The smallest absolute Gasteiger partial charge is 0.179 e. The molecule has 1 aromatic carbocycles. The van der Waals surface area contributed by atoms with E-state index in [1.54, 1.807) is 12.1 Å². The number of aryl methyl sites for hydroxylation is 1. The standard InChI is InChI=1S/C11H18O2S3/c1-10-4-6-11(7-5-10)16(12,13)9-8-15(2,3)14/h4-7,14H,8-9H2,1-3H3. The Balaban J connectivity index is 2.83. The average molecular weight is 278 g/mol. The van der Waals surface area contributed by atoms with E-state index in [1.165, 1.54) is 0 Å². The normalized spacial score (nSPS) is 13.8. The molecule has 1 aromatic rings. The van der Waals surface area contributed by atoms with Crippen molar-refractivity contribution < 1.29 is 8.42 Å². The van der Waals surface area contributed by atoms with Gasteiger partial charge in [-0.1, -0.05) is 17.7 Å². The minimum absolute atomic E-state index is 0.182. The van der Waals surface area contributed by atoms with E-state index in [4.69, 9.17) is 0 Å². The van der Waals surface area contributed by atoms with Crippen LogP contribution in [-0.4, -0.2) is 32.4 Å².